The number of esters is 1. The molecule has 1 fully saturated rings. The van der Waals surface area contributed by atoms with Crippen LogP contribution in [0.2, 0.25) is 0 Å². The van der Waals surface area contributed by atoms with E-state index in [0.29, 0.717) is 19.6 Å². The quantitative estimate of drug-likeness (QED) is 0.778. The zero-order valence-corrected chi connectivity index (χ0v) is 14.7. The highest BCUT2D eigenvalue weighted by Gasteiger charge is 2.32. The third-order valence-electron chi connectivity index (χ3n) is 3.80. The second-order valence-corrected chi connectivity index (χ2v) is 7.05. The lowest BCUT2D eigenvalue weighted by atomic mass is 10.1. The average Bonchev–Trinajstić information content (AvgIpc) is 3.03. The monoisotopic (exact) mass is 364 g/mol. The lowest BCUT2D eigenvalue weighted by Gasteiger charge is -2.17. The summed E-state index contributed by atoms with van der Waals surface area (Å²) in [7, 11) is -1.02. The molecular weight excluding hydrogens is 344 g/mol. The van der Waals surface area contributed by atoms with Crippen LogP contribution in [0.1, 0.15) is 16.8 Å². The van der Waals surface area contributed by atoms with Crippen LogP contribution in [0.15, 0.2) is 23.1 Å². The van der Waals surface area contributed by atoms with Gasteiger partial charge < -0.3 is 15.2 Å². The van der Waals surface area contributed by atoms with Gasteiger partial charge in [0.25, 0.3) is 0 Å². The molecule has 1 saturated heterocycles. The molecule has 0 saturated carbocycles. The molecular formula is C14H21ClN2O5S. The Bertz CT molecular complexity index is 665. The van der Waals surface area contributed by atoms with Crippen LogP contribution >= 0.6 is 12.4 Å². The second-order valence-electron chi connectivity index (χ2n) is 5.11. The largest absolute Gasteiger partial charge is 0.496 e. The number of nitrogens with zero attached hydrogens (tertiary/aromatic N) is 1. The number of hydrogen-bond acceptors (Lipinski definition) is 6. The molecule has 130 valence electrons. The maximum absolute atomic E-state index is 12.7. The van der Waals surface area contributed by atoms with Crippen molar-refractivity contribution in [2.24, 2.45) is 11.7 Å². The fraction of sp³-hybridized carbons (Fsp3) is 0.500. The summed E-state index contributed by atoms with van der Waals surface area (Å²) in [6.45, 7) is 1.30. The second kappa shape index (κ2) is 7.96. The van der Waals surface area contributed by atoms with E-state index in [4.69, 9.17) is 10.5 Å². The number of halogens is 1. The normalized spacial score (nSPS) is 18.3. The fourth-order valence-electron chi connectivity index (χ4n) is 2.47. The summed E-state index contributed by atoms with van der Waals surface area (Å²) in [5.41, 5.74) is 5.68. The number of benzene rings is 1. The van der Waals surface area contributed by atoms with Gasteiger partial charge in [0.15, 0.2) is 0 Å². The lowest BCUT2D eigenvalue weighted by Crippen LogP contribution is -2.30. The molecule has 7 nitrogen and oxygen atoms in total. The van der Waals surface area contributed by atoms with E-state index in [0.717, 1.165) is 6.42 Å². The molecule has 1 unspecified atom stereocenters. The van der Waals surface area contributed by atoms with Crippen molar-refractivity contribution < 1.29 is 22.7 Å². The number of nitrogens with two attached hydrogens (primary N) is 1. The van der Waals surface area contributed by atoms with Crippen molar-refractivity contribution in [3.63, 3.8) is 0 Å². The highest BCUT2D eigenvalue weighted by Crippen LogP contribution is 2.28. The zero-order valence-electron chi connectivity index (χ0n) is 13.0. The van der Waals surface area contributed by atoms with Gasteiger partial charge in [0.05, 0.1) is 19.1 Å². The summed E-state index contributed by atoms with van der Waals surface area (Å²) in [5.74, 6) is -0.199. The van der Waals surface area contributed by atoms with Gasteiger partial charge in [-0.15, -0.1) is 12.4 Å². The van der Waals surface area contributed by atoms with Crippen LogP contribution in [0.5, 0.6) is 5.75 Å². The minimum atomic E-state index is -3.66. The number of carbonyl (C=O) groups is 1. The Hall–Kier alpha value is -1.35. The van der Waals surface area contributed by atoms with Crippen molar-refractivity contribution in [2.75, 3.05) is 33.9 Å². The highest BCUT2D eigenvalue weighted by molar-refractivity contribution is 7.89. The molecule has 0 aliphatic carbocycles. The third kappa shape index (κ3) is 3.95. The van der Waals surface area contributed by atoms with Gasteiger partial charge in [-0.1, -0.05) is 0 Å². The Morgan fingerprint density at radius 2 is 2.09 bits per heavy atom. The van der Waals surface area contributed by atoms with E-state index >= 15 is 0 Å². The topological polar surface area (TPSA) is 98.9 Å². The lowest BCUT2D eigenvalue weighted by molar-refractivity contribution is 0.0597. The Morgan fingerprint density at radius 1 is 1.39 bits per heavy atom. The number of sulfonamides is 1. The molecule has 0 aromatic heterocycles. The average molecular weight is 365 g/mol. The van der Waals surface area contributed by atoms with E-state index < -0.39 is 16.0 Å². The molecule has 1 aliphatic heterocycles. The Balaban J connectivity index is 0.00000264. The van der Waals surface area contributed by atoms with Crippen molar-refractivity contribution in [3.8, 4) is 5.75 Å². The number of methoxy groups -OCH3 is 2. The van der Waals surface area contributed by atoms with E-state index in [1.165, 1.54) is 36.7 Å². The van der Waals surface area contributed by atoms with E-state index in [1.807, 2.05) is 0 Å². The summed E-state index contributed by atoms with van der Waals surface area (Å²) in [4.78, 5) is 11.8. The first-order valence-corrected chi connectivity index (χ1v) is 8.34. The predicted octanol–water partition coefficient (Wildman–Crippen LogP) is 0.873. The molecule has 1 heterocycles. The predicted molar refractivity (Wildman–Crippen MR) is 87.5 cm³/mol. The van der Waals surface area contributed by atoms with Crippen LogP contribution in [0.4, 0.5) is 0 Å². The van der Waals surface area contributed by atoms with E-state index in [1.54, 1.807) is 0 Å². The Kier molecular flexibility index (Phi) is 6.82. The van der Waals surface area contributed by atoms with E-state index in [-0.39, 0.29) is 34.5 Å². The Labute approximate surface area is 142 Å². The number of carbonyl (C=O) groups excluding carboxylic acids is 1. The maximum Gasteiger partial charge on any atom is 0.341 e. The summed E-state index contributed by atoms with van der Waals surface area (Å²) >= 11 is 0. The van der Waals surface area contributed by atoms with Crippen LogP contribution in [0, 0.1) is 5.92 Å². The summed E-state index contributed by atoms with van der Waals surface area (Å²) in [6.07, 6.45) is 0.746. The number of hydrogen-bond donors (Lipinski definition) is 1. The molecule has 0 bridgehead atoms. The maximum atomic E-state index is 12.7. The molecule has 1 aliphatic rings. The number of ether oxygens (including phenoxy) is 2. The SMILES string of the molecule is COC(=O)c1cc(S(=O)(=O)N2CCC(CN)C2)ccc1OC.Cl. The van der Waals surface area contributed by atoms with Crippen LogP contribution < -0.4 is 10.5 Å². The first-order chi connectivity index (χ1) is 10.4. The van der Waals surface area contributed by atoms with Crippen molar-refractivity contribution >= 4 is 28.4 Å². The molecule has 1 aromatic carbocycles. The van der Waals surface area contributed by atoms with Gasteiger partial charge >= 0.3 is 5.97 Å². The molecule has 23 heavy (non-hydrogen) atoms. The van der Waals surface area contributed by atoms with Gasteiger partial charge in [0.1, 0.15) is 11.3 Å². The van der Waals surface area contributed by atoms with Crippen molar-refractivity contribution in [1.82, 2.24) is 4.31 Å². The van der Waals surface area contributed by atoms with Gasteiger partial charge in [0.2, 0.25) is 10.0 Å². The fourth-order valence-corrected chi connectivity index (χ4v) is 4.03. The Morgan fingerprint density at radius 3 is 2.61 bits per heavy atom. The van der Waals surface area contributed by atoms with Crippen molar-refractivity contribution in [1.29, 1.82) is 0 Å². The molecule has 2 N–H and O–H groups in total. The molecule has 9 heteroatoms. The first kappa shape index (κ1) is 19.7. The minimum Gasteiger partial charge on any atom is -0.496 e. The van der Waals surface area contributed by atoms with Gasteiger partial charge in [-0.2, -0.15) is 4.31 Å². The van der Waals surface area contributed by atoms with Gasteiger partial charge in [-0.25, -0.2) is 13.2 Å². The van der Waals surface area contributed by atoms with Crippen LogP contribution in [-0.4, -0.2) is 52.5 Å². The molecule has 2 rings (SSSR count). The molecule has 0 amide bonds. The van der Waals surface area contributed by atoms with Crippen molar-refractivity contribution in [2.45, 2.75) is 11.3 Å². The molecule has 1 aromatic rings. The van der Waals surface area contributed by atoms with Gasteiger partial charge in [0, 0.05) is 13.1 Å². The highest BCUT2D eigenvalue weighted by atomic mass is 35.5. The van der Waals surface area contributed by atoms with Crippen LogP contribution in [0.25, 0.3) is 0 Å². The summed E-state index contributed by atoms with van der Waals surface area (Å²) < 4.78 is 36.4. The molecule has 0 radical (unpaired) electrons. The van der Waals surface area contributed by atoms with Gasteiger partial charge in [-0.05, 0) is 37.1 Å². The minimum absolute atomic E-state index is 0. The van der Waals surface area contributed by atoms with Crippen molar-refractivity contribution in [3.05, 3.63) is 23.8 Å². The zero-order chi connectivity index (χ0) is 16.3. The van der Waals surface area contributed by atoms with Crippen LogP contribution in [-0.2, 0) is 14.8 Å². The third-order valence-corrected chi connectivity index (χ3v) is 5.66. The summed E-state index contributed by atoms with van der Waals surface area (Å²) in [6, 6.07) is 4.17. The smallest absolute Gasteiger partial charge is 0.341 e. The standard InChI is InChI=1S/C14H20N2O5S.ClH/c1-20-13-4-3-11(7-12(13)14(17)21-2)22(18,19)16-6-5-10(8-15)9-16;/h3-4,7,10H,5-6,8-9,15H2,1-2H3;1H. The number of rotatable bonds is 5. The van der Waals surface area contributed by atoms with Crippen LogP contribution in [0.3, 0.4) is 0 Å². The van der Waals surface area contributed by atoms with E-state index in [2.05, 4.69) is 4.74 Å². The van der Waals surface area contributed by atoms with Gasteiger partial charge in [-0.3, -0.25) is 0 Å². The summed E-state index contributed by atoms with van der Waals surface area (Å²) in [5, 5.41) is 0. The molecule has 0 spiro atoms. The molecule has 1 atom stereocenters. The van der Waals surface area contributed by atoms with E-state index in [9.17, 15) is 13.2 Å². The first-order valence-electron chi connectivity index (χ1n) is 6.90.